The molecule has 1 amide bonds. The van der Waals surface area contributed by atoms with E-state index in [0.717, 1.165) is 39.0 Å². The molecule has 1 atom stereocenters. The molecule has 5 heteroatoms. The summed E-state index contributed by atoms with van der Waals surface area (Å²) in [5.41, 5.74) is 5.75. The van der Waals surface area contributed by atoms with Gasteiger partial charge in [-0.15, -0.1) is 12.4 Å². The van der Waals surface area contributed by atoms with E-state index < -0.39 is 0 Å². The fourth-order valence-corrected chi connectivity index (χ4v) is 1.86. The van der Waals surface area contributed by atoms with Gasteiger partial charge in [-0.25, -0.2) is 0 Å². The van der Waals surface area contributed by atoms with E-state index in [1.54, 1.807) is 0 Å². The number of ether oxygens (including phenoxy) is 1. The summed E-state index contributed by atoms with van der Waals surface area (Å²) >= 11 is 0. The van der Waals surface area contributed by atoms with Crippen LogP contribution in [0.15, 0.2) is 0 Å². The lowest BCUT2D eigenvalue weighted by atomic mass is 9.96. The zero-order valence-electron chi connectivity index (χ0n) is 10.8. The summed E-state index contributed by atoms with van der Waals surface area (Å²) < 4.78 is 5.29. The lowest BCUT2D eigenvalue weighted by Gasteiger charge is -2.22. The summed E-state index contributed by atoms with van der Waals surface area (Å²) in [6.07, 6.45) is 3.28. The van der Waals surface area contributed by atoms with Crippen LogP contribution < -0.4 is 11.1 Å². The highest BCUT2D eigenvalue weighted by atomic mass is 35.5. The molecule has 3 N–H and O–H groups in total. The maximum absolute atomic E-state index is 11.6. The largest absolute Gasteiger partial charge is 0.381 e. The quantitative estimate of drug-likeness (QED) is 0.787. The van der Waals surface area contributed by atoms with Crippen molar-refractivity contribution in [1.82, 2.24) is 5.32 Å². The number of carbonyl (C=O) groups is 1. The summed E-state index contributed by atoms with van der Waals surface area (Å²) in [7, 11) is 0. The van der Waals surface area contributed by atoms with Crippen LogP contribution in [0.4, 0.5) is 0 Å². The van der Waals surface area contributed by atoms with E-state index in [0.29, 0.717) is 5.92 Å². The number of rotatable bonds is 5. The van der Waals surface area contributed by atoms with Crippen molar-refractivity contribution in [2.75, 3.05) is 19.8 Å². The minimum Gasteiger partial charge on any atom is -0.381 e. The van der Waals surface area contributed by atoms with Gasteiger partial charge in [-0.2, -0.15) is 0 Å². The molecule has 1 fully saturated rings. The third-order valence-corrected chi connectivity index (χ3v) is 3.21. The van der Waals surface area contributed by atoms with Crippen LogP contribution in [-0.2, 0) is 9.53 Å². The van der Waals surface area contributed by atoms with Crippen LogP contribution in [0.2, 0.25) is 0 Å². The maximum atomic E-state index is 11.6. The van der Waals surface area contributed by atoms with Crippen molar-refractivity contribution < 1.29 is 9.53 Å². The molecule has 0 aliphatic carbocycles. The minimum absolute atomic E-state index is 0. The maximum Gasteiger partial charge on any atom is 0.237 e. The third-order valence-electron chi connectivity index (χ3n) is 3.21. The second kappa shape index (κ2) is 8.72. The molecule has 1 heterocycles. The Morgan fingerprint density at radius 3 is 2.53 bits per heavy atom. The van der Waals surface area contributed by atoms with E-state index in [1.165, 1.54) is 0 Å². The molecule has 1 unspecified atom stereocenters. The van der Waals surface area contributed by atoms with Gasteiger partial charge >= 0.3 is 0 Å². The van der Waals surface area contributed by atoms with Crippen molar-refractivity contribution in [3.05, 3.63) is 0 Å². The van der Waals surface area contributed by atoms with Crippen LogP contribution in [0.25, 0.3) is 0 Å². The van der Waals surface area contributed by atoms with Crippen LogP contribution in [-0.4, -0.2) is 31.7 Å². The van der Waals surface area contributed by atoms with Crippen LogP contribution in [0.5, 0.6) is 0 Å². The lowest BCUT2D eigenvalue weighted by molar-refractivity contribution is -0.123. The van der Waals surface area contributed by atoms with E-state index in [4.69, 9.17) is 10.5 Å². The Morgan fingerprint density at radius 1 is 1.41 bits per heavy atom. The normalized spacial score (nSPS) is 18.6. The first-order valence-corrected chi connectivity index (χ1v) is 6.22. The van der Waals surface area contributed by atoms with Gasteiger partial charge in [-0.1, -0.05) is 13.8 Å². The summed E-state index contributed by atoms with van der Waals surface area (Å²) in [5.74, 6) is 0.870. The van der Waals surface area contributed by atoms with E-state index in [2.05, 4.69) is 5.32 Å². The molecule has 0 aromatic rings. The SMILES string of the molecule is CC(C)C(N)C(=O)NCCC1CCOCC1.Cl. The Kier molecular flexibility index (Phi) is 8.56. The first-order chi connectivity index (χ1) is 7.61. The highest BCUT2D eigenvalue weighted by Gasteiger charge is 2.18. The predicted octanol–water partition coefficient (Wildman–Crippen LogP) is 1.32. The molecular formula is C12H25ClN2O2. The first kappa shape index (κ1) is 16.7. The molecule has 0 aromatic heterocycles. The molecule has 1 saturated heterocycles. The number of carbonyl (C=O) groups excluding carboxylic acids is 1. The van der Waals surface area contributed by atoms with Gasteiger partial charge < -0.3 is 15.8 Å². The molecule has 1 aliphatic rings. The van der Waals surface area contributed by atoms with E-state index in [1.807, 2.05) is 13.8 Å². The molecule has 102 valence electrons. The Balaban J connectivity index is 0.00000256. The summed E-state index contributed by atoms with van der Waals surface area (Å²) in [6.45, 7) is 6.39. The van der Waals surface area contributed by atoms with Gasteiger partial charge in [-0.05, 0) is 31.1 Å². The van der Waals surface area contributed by atoms with Gasteiger partial charge in [0, 0.05) is 19.8 Å². The van der Waals surface area contributed by atoms with Gasteiger partial charge in [0.05, 0.1) is 6.04 Å². The van der Waals surface area contributed by atoms with Crippen LogP contribution >= 0.6 is 12.4 Å². The topological polar surface area (TPSA) is 64.4 Å². The fourth-order valence-electron chi connectivity index (χ4n) is 1.86. The molecule has 0 spiro atoms. The first-order valence-electron chi connectivity index (χ1n) is 6.22. The average molecular weight is 265 g/mol. The second-order valence-electron chi connectivity index (χ2n) is 4.91. The van der Waals surface area contributed by atoms with Gasteiger partial charge in [0.25, 0.3) is 0 Å². The van der Waals surface area contributed by atoms with E-state index in [-0.39, 0.29) is 30.3 Å². The molecule has 0 radical (unpaired) electrons. The average Bonchev–Trinajstić information content (AvgIpc) is 2.29. The van der Waals surface area contributed by atoms with Gasteiger partial charge in [-0.3, -0.25) is 4.79 Å². The van der Waals surface area contributed by atoms with Crippen molar-refractivity contribution in [1.29, 1.82) is 0 Å². The van der Waals surface area contributed by atoms with Gasteiger partial charge in [0.2, 0.25) is 5.91 Å². The molecular weight excluding hydrogens is 240 g/mol. The van der Waals surface area contributed by atoms with E-state index in [9.17, 15) is 4.79 Å². The molecule has 1 rings (SSSR count). The van der Waals surface area contributed by atoms with Crippen LogP contribution in [0.1, 0.15) is 33.1 Å². The Bertz CT molecular complexity index is 219. The lowest BCUT2D eigenvalue weighted by Crippen LogP contribution is -2.44. The summed E-state index contributed by atoms with van der Waals surface area (Å²) in [6, 6.07) is -0.380. The zero-order chi connectivity index (χ0) is 12.0. The number of nitrogens with one attached hydrogen (secondary N) is 1. The fraction of sp³-hybridized carbons (Fsp3) is 0.917. The Morgan fingerprint density at radius 2 is 2.00 bits per heavy atom. The Hall–Kier alpha value is -0.320. The second-order valence-corrected chi connectivity index (χ2v) is 4.91. The van der Waals surface area contributed by atoms with Crippen molar-refractivity contribution in [3.8, 4) is 0 Å². The number of amides is 1. The molecule has 0 saturated carbocycles. The number of hydrogen-bond acceptors (Lipinski definition) is 3. The van der Waals surface area contributed by atoms with Crippen LogP contribution in [0, 0.1) is 11.8 Å². The third kappa shape index (κ3) is 6.24. The van der Waals surface area contributed by atoms with Gasteiger partial charge in [0.1, 0.15) is 0 Å². The smallest absolute Gasteiger partial charge is 0.237 e. The highest BCUT2D eigenvalue weighted by Crippen LogP contribution is 2.17. The van der Waals surface area contributed by atoms with Gasteiger partial charge in [0.15, 0.2) is 0 Å². The molecule has 4 nitrogen and oxygen atoms in total. The Labute approximate surface area is 110 Å². The van der Waals surface area contributed by atoms with Crippen molar-refractivity contribution in [2.45, 2.75) is 39.2 Å². The molecule has 0 aromatic carbocycles. The molecule has 17 heavy (non-hydrogen) atoms. The summed E-state index contributed by atoms with van der Waals surface area (Å²) in [4.78, 5) is 11.6. The van der Waals surface area contributed by atoms with Crippen molar-refractivity contribution in [3.63, 3.8) is 0 Å². The van der Waals surface area contributed by atoms with Crippen molar-refractivity contribution >= 4 is 18.3 Å². The number of halogens is 1. The number of hydrogen-bond donors (Lipinski definition) is 2. The van der Waals surface area contributed by atoms with Crippen LogP contribution in [0.3, 0.4) is 0 Å². The van der Waals surface area contributed by atoms with Crippen molar-refractivity contribution in [2.24, 2.45) is 17.6 Å². The monoisotopic (exact) mass is 264 g/mol. The predicted molar refractivity (Wildman–Crippen MR) is 71.2 cm³/mol. The van der Waals surface area contributed by atoms with E-state index >= 15 is 0 Å². The summed E-state index contributed by atoms with van der Waals surface area (Å²) in [5, 5.41) is 2.91. The number of nitrogens with two attached hydrogens (primary N) is 1. The zero-order valence-corrected chi connectivity index (χ0v) is 11.6. The molecule has 0 bridgehead atoms. The highest BCUT2D eigenvalue weighted by molar-refractivity contribution is 5.85. The molecule has 1 aliphatic heterocycles. The minimum atomic E-state index is -0.380. The standard InChI is InChI=1S/C12H24N2O2.ClH/c1-9(2)11(13)12(15)14-6-3-10-4-7-16-8-5-10;/h9-11H,3-8,13H2,1-2H3,(H,14,15);1H.